The minimum absolute atomic E-state index is 0.154. The monoisotopic (exact) mass is 374 g/mol. The number of likely N-dealkylation sites (N-methyl/N-ethyl adjacent to an activating group) is 1. The molecule has 0 radical (unpaired) electrons. The van der Waals surface area contributed by atoms with E-state index in [1.54, 1.807) is 0 Å². The zero-order chi connectivity index (χ0) is 19.8. The van der Waals surface area contributed by atoms with E-state index in [2.05, 4.69) is 43.2 Å². The molecule has 6 heteroatoms. The summed E-state index contributed by atoms with van der Waals surface area (Å²) in [5.74, 6) is 0.612. The summed E-state index contributed by atoms with van der Waals surface area (Å²) in [6.45, 7) is 11.9. The van der Waals surface area contributed by atoms with Gasteiger partial charge in [0.2, 0.25) is 5.91 Å². The van der Waals surface area contributed by atoms with Crippen LogP contribution >= 0.6 is 0 Å². The third-order valence-electron chi connectivity index (χ3n) is 5.26. The van der Waals surface area contributed by atoms with E-state index < -0.39 is 0 Å². The molecule has 27 heavy (non-hydrogen) atoms. The van der Waals surface area contributed by atoms with Gasteiger partial charge >= 0.3 is 6.03 Å². The molecule has 3 amide bonds. The third-order valence-corrected chi connectivity index (χ3v) is 5.26. The third kappa shape index (κ3) is 5.96. The molecule has 1 fully saturated rings. The fourth-order valence-corrected chi connectivity index (χ4v) is 3.68. The lowest BCUT2D eigenvalue weighted by Crippen LogP contribution is -2.47. The molecule has 1 aliphatic heterocycles. The van der Waals surface area contributed by atoms with Crippen LogP contribution in [0.5, 0.6) is 0 Å². The van der Waals surface area contributed by atoms with Crippen LogP contribution in [0.1, 0.15) is 47.0 Å². The van der Waals surface area contributed by atoms with E-state index in [0.29, 0.717) is 30.6 Å². The number of hydrogen-bond donors (Lipinski definition) is 2. The Morgan fingerprint density at radius 2 is 1.96 bits per heavy atom. The van der Waals surface area contributed by atoms with Crippen molar-refractivity contribution >= 4 is 23.3 Å². The molecule has 1 aliphatic rings. The molecule has 1 aromatic carbocycles. The van der Waals surface area contributed by atoms with Crippen molar-refractivity contribution in [2.45, 2.75) is 53.0 Å². The summed E-state index contributed by atoms with van der Waals surface area (Å²) in [5, 5.41) is 5.90. The predicted octanol–water partition coefficient (Wildman–Crippen LogP) is 3.69. The molecule has 0 aromatic heterocycles. The van der Waals surface area contributed by atoms with Crippen LogP contribution in [0.15, 0.2) is 24.3 Å². The molecule has 2 rings (SSSR count). The molecule has 1 heterocycles. The van der Waals surface area contributed by atoms with Gasteiger partial charge in [-0.1, -0.05) is 33.8 Å². The Morgan fingerprint density at radius 1 is 1.22 bits per heavy atom. The van der Waals surface area contributed by atoms with Crippen molar-refractivity contribution in [3.8, 4) is 0 Å². The number of carbonyl (C=O) groups is 2. The number of urea groups is 1. The van der Waals surface area contributed by atoms with Crippen LogP contribution in [0, 0.1) is 5.92 Å². The highest BCUT2D eigenvalue weighted by Gasteiger charge is 2.21. The van der Waals surface area contributed by atoms with E-state index in [1.165, 1.54) is 0 Å². The van der Waals surface area contributed by atoms with Crippen molar-refractivity contribution in [3.05, 3.63) is 24.3 Å². The number of anilines is 2. The fraction of sp³-hybridized carbons (Fsp3) is 0.619. The number of piperidine rings is 1. The average Bonchev–Trinajstić information content (AvgIpc) is 2.65. The van der Waals surface area contributed by atoms with Gasteiger partial charge in [-0.15, -0.1) is 0 Å². The van der Waals surface area contributed by atoms with Crippen molar-refractivity contribution in [1.29, 1.82) is 0 Å². The van der Waals surface area contributed by atoms with E-state index in [1.807, 2.05) is 29.2 Å². The number of amides is 3. The van der Waals surface area contributed by atoms with Crippen molar-refractivity contribution < 1.29 is 9.59 Å². The lowest BCUT2D eigenvalue weighted by molar-refractivity contribution is -0.119. The Labute approximate surface area is 163 Å². The van der Waals surface area contributed by atoms with Crippen molar-refractivity contribution in [2.75, 3.05) is 36.4 Å². The summed E-state index contributed by atoms with van der Waals surface area (Å²) >= 11 is 0. The topological polar surface area (TPSA) is 64.7 Å². The number of hydrogen-bond acceptors (Lipinski definition) is 3. The quantitative estimate of drug-likeness (QED) is 0.729. The number of nitrogens with zero attached hydrogens (tertiary/aromatic N) is 2. The first-order chi connectivity index (χ1) is 13.0. The molecule has 0 spiro atoms. The number of carbonyl (C=O) groups excluding carboxylic acids is 2. The van der Waals surface area contributed by atoms with Gasteiger partial charge in [-0.05, 0) is 50.0 Å². The van der Waals surface area contributed by atoms with Crippen LogP contribution < -0.4 is 15.5 Å². The highest BCUT2D eigenvalue weighted by atomic mass is 16.2. The first-order valence-electron chi connectivity index (χ1n) is 10.2. The van der Waals surface area contributed by atoms with Crippen LogP contribution in [-0.2, 0) is 4.79 Å². The number of nitrogens with one attached hydrogen (secondary N) is 2. The summed E-state index contributed by atoms with van der Waals surface area (Å²) in [4.78, 5) is 28.7. The van der Waals surface area contributed by atoms with Gasteiger partial charge in [-0.2, -0.15) is 0 Å². The second kappa shape index (κ2) is 10.3. The largest absolute Gasteiger partial charge is 0.336 e. The highest BCUT2D eigenvalue weighted by molar-refractivity contribution is 5.95. The zero-order valence-corrected chi connectivity index (χ0v) is 17.1. The van der Waals surface area contributed by atoms with E-state index in [4.69, 9.17) is 0 Å². The lowest BCUT2D eigenvalue weighted by atomic mass is 10.0. The summed E-state index contributed by atoms with van der Waals surface area (Å²) in [6, 6.07) is 7.61. The first kappa shape index (κ1) is 21.2. The number of benzene rings is 1. The molecule has 2 N–H and O–H groups in total. The normalized spacial score (nSPS) is 15.9. The fourth-order valence-electron chi connectivity index (χ4n) is 3.68. The van der Waals surface area contributed by atoms with Crippen molar-refractivity contribution in [1.82, 2.24) is 10.2 Å². The van der Waals surface area contributed by atoms with Gasteiger partial charge in [0.1, 0.15) is 0 Å². The molecule has 1 atom stereocenters. The molecule has 0 aliphatic carbocycles. The molecule has 0 bridgehead atoms. The second-order valence-electron chi connectivity index (χ2n) is 7.42. The van der Waals surface area contributed by atoms with Crippen LogP contribution in [-0.4, -0.2) is 49.1 Å². The molecule has 0 saturated carbocycles. The molecule has 1 saturated heterocycles. The zero-order valence-electron chi connectivity index (χ0n) is 17.1. The van der Waals surface area contributed by atoms with Gasteiger partial charge in [0, 0.05) is 36.9 Å². The van der Waals surface area contributed by atoms with Gasteiger partial charge in [0.25, 0.3) is 0 Å². The van der Waals surface area contributed by atoms with E-state index >= 15 is 0 Å². The summed E-state index contributed by atoms with van der Waals surface area (Å²) in [5.41, 5.74) is 1.55. The summed E-state index contributed by atoms with van der Waals surface area (Å²) in [7, 11) is 0. The molecule has 1 aromatic rings. The van der Waals surface area contributed by atoms with Crippen LogP contribution in [0.2, 0.25) is 0 Å². The predicted molar refractivity (Wildman–Crippen MR) is 111 cm³/mol. The van der Waals surface area contributed by atoms with Gasteiger partial charge in [-0.25, -0.2) is 4.79 Å². The standard InChI is InChI=1S/C21H34N4O2/c1-5-24(6-2)19(16(3)4)15-22-21(27)23-17-10-9-11-18(14-17)25-13-8-7-12-20(25)26/h9-11,14,16,19H,5-8,12-13,15H2,1-4H3,(H2,22,23,27). The number of rotatable bonds is 8. The maximum absolute atomic E-state index is 12.4. The minimum Gasteiger partial charge on any atom is -0.336 e. The highest BCUT2D eigenvalue weighted by Crippen LogP contribution is 2.23. The summed E-state index contributed by atoms with van der Waals surface area (Å²) < 4.78 is 0. The van der Waals surface area contributed by atoms with E-state index in [9.17, 15) is 9.59 Å². The Balaban J connectivity index is 1.95. The lowest BCUT2D eigenvalue weighted by Gasteiger charge is -2.32. The Kier molecular flexibility index (Phi) is 8.10. The van der Waals surface area contributed by atoms with E-state index in [0.717, 1.165) is 38.2 Å². The second-order valence-corrected chi connectivity index (χ2v) is 7.42. The molecule has 6 nitrogen and oxygen atoms in total. The van der Waals surface area contributed by atoms with Crippen molar-refractivity contribution in [3.63, 3.8) is 0 Å². The maximum Gasteiger partial charge on any atom is 0.319 e. The molecular formula is C21H34N4O2. The van der Waals surface area contributed by atoms with Gasteiger partial charge < -0.3 is 15.5 Å². The van der Waals surface area contributed by atoms with Crippen LogP contribution in [0.25, 0.3) is 0 Å². The molecular weight excluding hydrogens is 340 g/mol. The van der Waals surface area contributed by atoms with Crippen LogP contribution in [0.4, 0.5) is 16.2 Å². The minimum atomic E-state index is -0.213. The maximum atomic E-state index is 12.4. The smallest absolute Gasteiger partial charge is 0.319 e. The Morgan fingerprint density at radius 3 is 2.59 bits per heavy atom. The molecule has 150 valence electrons. The first-order valence-corrected chi connectivity index (χ1v) is 10.2. The Bertz CT molecular complexity index is 628. The van der Waals surface area contributed by atoms with Gasteiger partial charge in [-0.3, -0.25) is 9.69 Å². The van der Waals surface area contributed by atoms with Crippen molar-refractivity contribution in [2.24, 2.45) is 5.92 Å². The summed E-state index contributed by atoms with van der Waals surface area (Å²) in [6.07, 6.45) is 2.57. The molecule has 1 unspecified atom stereocenters. The average molecular weight is 375 g/mol. The van der Waals surface area contributed by atoms with Gasteiger partial charge in [0.15, 0.2) is 0 Å². The van der Waals surface area contributed by atoms with Crippen LogP contribution in [0.3, 0.4) is 0 Å². The SMILES string of the molecule is CCN(CC)C(CNC(=O)Nc1cccc(N2CCCCC2=O)c1)C(C)C. The Hall–Kier alpha value is -2.08. The van der Waals surface area contributed by atoms with Gasteiger partial charge in [0.05, 0.1) is 0 Å². The van der Waals surface area contributed by atoms with E-state index in [-0.39, 0.29) is 11.9 Å².